The van der Waals surface area contributed by atoms with Crippen molar-refractivity contribution < 1.29 is 9.53 Å². The Labute approximate surface area is 99.8 Å². The lowest BCUT2D eigenvalue weighted by Gasteiger charge is -2.06. The van der Waals surface area contributed by atoms with Crippen LogP contribution in [0.15, 0.2) is 54.6 Å². The van der Waals surface area contributed by atoms with Gasteiger partial charge in [0.2, 0.25) is 5.91 Å². The van der Waals surface area contributed by atoms with Crippen molar-refractivity contribution in [3.8, 4) is 11.5 Å². The summed E-state index contributed by atoms with van der Waals surface area (Å²) < 4.78 is 5.65. The molecule has 0 heterocycles. The van der Waals surface area contributed by atoms with E-state index in [9.17, 15) is 4.79 Å². The summed E-state index contributed by atoms with van der Waals surface area (Å²) >= 11 is 0. The second-order valence-corrected chi connectivity index (χ2v) is 3.71. The number of amides is 1. The number of rotatable bonds is 4. The lowest BCUT2D eigenvalue weighted by Crippen LogP contribution is -2.13. The summed E-state index contributed by atoms with van der Waals surface area (Å²) in [5.74, 6) is 1.13. The zero-order valence-electron chi connectivity index (χ0n) is 9.30. The molecule has 0 spiro atoms. The van der Waals surface area contributed by atoms with E-state index in [-0.39, 0.29) is 12.3 Å². The number of benzene rings is 2. The Bertz CT molecular complexity index is 509. The molecule has 0 aliphatic heterocycles. The summed E-state index contributed by atoms with van der Waals surface area (Å²) in [5, 5.41) is 0. The average molecular weight is 227 g/mol. The lowest BCUT2D eigenvalue weighted by molar-refractivity contribution is -0.117. The van der Waals surface area contributed by atoms with Crippen LogP contribution in [-0.4, -0.2) is 5.91 Å². The second-order valence-electron chi connectivity index (χ2n) is 3.71. The van der Waals surface area contributed by atoms with Gasteiger partial charge < -0.3 is 10.5 Å². The van der Waals surface area contributed by atoms with Crippen molar-refractivity contribution >= 4 is 5.91 Å². The van der Waals surface area contributed by atoms with Crippen LogP contribution in [0, 0.1) is 0 Å². The third-order valence-corrected chi connectivity index (χ3v) is 2.26. The molecule has 0 saturated heterocycles. The summed E-state index contributed by atoms with van der Waals surface area (Å²) in [7, 11) is 0. The zero-order chi connectivity index (χ0) is 12.1. The first-order chi connectivity index (χ1) is 8.24. The maximum absolute atomic E-state index is 10.8. The van der Waals surface area contributed by atoms with Crippen molar-refractivity contribution in [1.82, 2.24) is 0 Å². The number of carbonyl (C=O) groups excluding carboxylic acids is 1. The van der Waals surface area contributed by atoms with Crippen molar-refractivity contribution in [3.05, 3.63) is 60.2 Å². The molecule has 2 aromatic carbocycles. The van der Waals surface area contributed by atoms with Gasteiger partial charge in [-0.25, -0.2) is 0 Å². The van der Waals surface area contributed by atoms with Crippen LogP contribution in [0.1, 0.15) is 5.56 Å². The van der Waals surface area contributed by atoms with Gasteiger partial charge in [-0.05, 0) is 29.8 Å². The van der Waals surface area contributed by atoms with Crippen LogP contribution in [0.5, 0.6) is 11.5 Å². The number of para-hydroxylation sites is 1. The van der Waals surface area contributed by atoms with Crippen molar-refractivity contribution in [2.24, 2.45) is 5.73 Å². The van der Waals surface area contributed by atoms with Gasteiger partial charge in [-0.2, -0.15) is 0 Å². The summed E-state index contributed by atoms with van der Waals surface area (Å²) in [6, 6.07) is 16.8. The van der Waals surface area contributed by atoms with Crippen molar-refractivity contribution in [2.75, 3.05) is 0 Å². The fourth-order valence-electron chi connectivity index (χ4n) is 1.54. The summed E-state index contributed by atoms with van der Waals surface area (Å²) in [6.45, 7) is 0. The third-order valence-electron chi connectivity index (χ3n) is 2.26. The van der Waals surface area contributed by atoms with Crippen molar-refractivity contribution in [2.45, 2.75) is 6.42 Å². The maximum atomic E-state index is 10.8. The minimum Gasteiger partial charge on any atom is -0.457 e. The van der Waals surface area contributed by atoms with Crippen molar-refractivity contribution in [1.29, 1.82) is 0 Å². The summed E-state index contributed by atoms with van der Waals surface area (Å²) in [4.78, 5) is 10.8. The first-order valence-corrected chi connectivity index (χ1v) is 5.34. The Kier molecular flexibility index (Phi) is 3.40. The van der Waals surface area contributed by atoms with Gasteiger partial charge in [0.1, 0.15) is 11.5 Å². The standard InChI is InChI=1S/C14H13NO2/c15-14(16)10-11-5-4-8-13(9-11)17-12-6-2-1-3-7-12/h1-9H,10H2,(H2,15,16). The number of carbonyl (C=O) groups is 1. The van der Waals surface area contributed by atoms with E-state index in [0.717, 1.165) is 11.3 Å². The molecular formula is C14H13NO2. The smallest absolute Gasteiger partial charge is 0.221 e. The minimum absolute atomic E-state index is 0.228. The van der Waals surface area contributed by atoms with Crippen LogP contribution < -0.4 is 10.5 Å². The van der Waals surface area contributed by atoms with E-state index in [1.165, 1.54) is 0 Å². The highest BCUT2D eigenvalue weighted by Gasteiger charge is 2.01. The number of hydrogen-bond acceptors (Lipinski definition) is 2. The Balaban J connectivity index is 2.14. The number of hydrogen-bond donors (Lipinski definition) is 1. The monoisotopic (exact) mass is 227 g/mol. The van der Waals surface area contributed by atoms with E-state index in [4.69, 9.17) is 10.5 Å². The van der Waals surface area contributed by atoms with Gasteiger partial charge in [-0.1, -0.05) is 30.3 Å². The normalized spacial score (nSPS) is 9.88. The molecule has 17 heavy (non-hydrogen) atoms. The molecular weight excluding hydrogens is 214 g/mol. The highest BCUT2D eigenvalue weighted by Crippen LogP contribution is 2.21. The fourth-order valence-corrected chi connectivity index (χ4v) is 1.54. The predicted molar refractivity (Wildman–Crippen MR) is 65.9 cm³/mol. The van der Waals surface area contributed by atoms with Gasteiger partial charge in [0.05, 0.1) is 6.42 Å². The largest absolute Gasteiger partial charge is 0.457 e. The van der Waals surface area contributed by atoms with Gasteiger partial charge in [-0.3, -0.25) is 4.79 Å². The lowest BCUT2D eigenvalue weighted by atomic mass is 10.1. The molecule has 0 unspecified atom stereocenters. The summed E-state index contributed by atoms with van der Waals surface area (Å²) in [6.07, 6.45) is 0.228. The molecule has 3 heteroatoms. The van der Waals surface area contributed by atoms with Crippen LogP contribution in [0.3, 0.4) is 0 Å². The molecule has 0 fully saturated rings. The van der Waals surface area contributed by atoms with Gasteiger partial charge in [-0.15, -0.1) is 0 Å². The molecule has 3 nitrogen and oxygen atoms in total. The van der Waals surface area contributed by atoms with Gasteiger partial charge in [0.25, 0.3) is 0 Å². The van der Waals surface area contributed by atoms with E-state index in [1.807, 2.05) is 54.6 Å². The molecule has 1 amide bonds. The van der Waals surface area contributed by atoms with Gasteiger partial charge >= 0.3 is 0 Å². The maximum Gasteiger partial charge on any atom is 0.221 e. The van der Waals surface area contributed by atoms with Crippen molar-refractivity contribution in [3.63, 3.8) is 0 Å². The quantitative estimate of drug-likeness (QED) is 0.872. The Hall–Kier alpha value is -2.29. The Morgan fingerprint density at radius 3 is 2.41 bits per heavy atom. The van der Waals surface area contributed by atoms with E-state index < -0.39 is 0 Å². The summed E-state index contributed by atoms with van der Waals surface area (Å²) in [5.41, 5.74) is 6.00. The molecule has 0 aliphatic rings. The molecule has 0 aromatic heterocycles. The number of ether oxygens (including phenoxy) is 1. The van der Waals surface area contributed by atoms with E-state index >= 15 is 0 Å². The highest BCUT2D eigenvalue weighted by molar-refractivity contribution is 5.76. The molecule has 86 valence electrons. The molecule has 0 atom stereocenters. The Morgan fingerprint density at radius 1 is 1.00 bits per heavy atom. The molecule has 0 radical (unpaired) electrons. The first kappa shape index (κ1) is 11.2. The molecule has 2 aromatic rings. The Morgan fingerprint density at radius 2 is 1.71 bits per heavy atom. The second kappa shape index (κ2) is 5.16. The van der Waals surface area contributed by atoms with Gasteiger partial charge in [0.15, 0.2) is 0 Å². The van der Waals surface area contributed by atoms with Crippen LogP contribution in [0.25, 0.3) is 0 Å². The molecule has 2 N–H and O–H groups in total. The van der Waals surface area contributed by atoms with E-state index in [1.54, 1.807) is 0 Å². The van der Waals surface area contributed by atoms with Crippen LogP contribution >= 0.6 is 0 Å². The van der Waals surface area contributed by atoms with E-state index in [2.05, 4.69) is 0 Å². The topological polar surface area (TPSA) is 52.3 Å². The highest BCUT2D eigenvalue weighted by atomic mass is 16.5. The van der Waals surface area contributed by atoms with Crippen LogP contribution in [0.2, 0.25) is 0 Å². The number of nitrogens with two attached hydrogens (primary N) is 1. The SMILES string of the molecule is NC(=O)Cc1cccc(Oc2ccccc2)c1. The molecule has 0 saturated carbocycles. The fraction of sp³-hybridized carbons (Fsp3) is 0.0714. The first-order valence-electron chi connectivity index (χ1n) is 5.34. The molecule has 0 bridgehead atoms. The van der Waals surface area contributed by atoms with Gasteiger partial charge in [0, 0.05) is 0 Å². The zero-order valence-corrected chi connectivity index (χ0v) is 9.30. The molecule has 0 aliphatic carbocycles. The average Bonchev–Trinajstić information content (AvgIpc) is 2.30. The van der Waals surface area contributed by atoms with Crippen LogP contribution in [-0.2, 0) is 11.2 Å². The number of primary amides is 1. The third kappa shape index (κ3) is 3.34. The predicted octanol–water partition coefficient (Wildman–Crippen LogP) is 2.51. The molecule has 2 rings (SSSR count). The minimum atomic E-state index is -0.345. The van der Waals surface area contributed by atoms with Crippen LogP contribution in [0.4, 0.5) is 0 Å². The van der Waals surface area contributed by atoms with E-state index in [0.29, 0.717) is 5.75 Å².